The van der Waals surface area contributed by atoms with E-state index >= 15 is 0 Å². The maximum Gasteiger partial charge on any atom is 0.309 e. The quantitative estimate of drug-likeness (QED) is 0.724. The van der Waals surface area contributed by atoms with Gasteiger partial charge in [-0.05, 0) is 30.0 Å². The lowest BCUT2D eigenvalue weighted by molar-refractivity contribution is -0.150. The summed E-state index contributed by atoms with van der Waals surface area (Å²) < 4.78 is 20.8. The van der Waals surface area contributed by atoms with Crippen molar-refractivity contribution in [3.05, 3.63) is 17.7 Å². The number of rotatable bonds is 8. The maximum atomic E-state index is 11.8. The second kappa shape index (κ2) is 7.90. The zero-order valence-corrected chi connectivity index (χ0v) is 14.4. The molecule has 0 radical (unpaired) electrons. The maximum absolute atomic E-state index is 11.8. The fourth-order valence-corrected chi connectivity index (χ4v) is 2.38. The van der Waals surface area contributed by atoms with Gasteiger partial charge in [0.05, 0.1) is 27.2 Å². The molecule has 1 N–H and O–H groups in total. The summed E-state index contributed by atoms with van der Waals surface area (Å²) in [6, 6.07) is 3.50. The Morgan fingerprint density at radius 1 is 1.12 bits per heavy atom. The molecule has 0 saturated heterocycles. The van der Waals surface area contributed by atoms with Gasteiger partial charge < -0.3 is 24.3 Å². The summed E-state index contributed by atoms with van der Waals surface area (Å²) in [5.41, 5.74) is 0.778. The second-order valence-electron chi connectivity index (χ2n) is 5.74. The largest absolute Gasteiger partial charge is 0.493 e. The third kappa shape index (κ3) is 4.31. The molecule has 7 nitrogen and oxygen atoms in total. The molecule has 0 aliphatic heterocycles. The number of methoxy groups -OCH3 is 3. The van der Waals surface area contributed by atoms with Crippen LogP contribution in [-0.4, -0.2) is 39.8 Å². The van der Waals surface area contributed by atoms with Crippen molar-refractivity contribution in [2.45, 2.75) is 19.9 Å². The monoisotopic (exact) mass is 337 g/mol. The van der Waals surface area contributed by atoms with E-state index in [1.165, 1.54) is 21.3 Å². The fourth-order valence-electron chi connectivity index (χ4n) is 2.38. The van der Waals surface area contributed by atoms with Gasteiger partial charge in [-0.1, -0.05) is 6.92 Å². The molecule has 1 aromatic rings. The van der Waals surface area contributed by atoms with Gasteiger partial charge in [0.25, 0.3) is 5.91 Å². The molecule has 1 fully saturated rings. The van der Waals surface area contributed by atoms with Crippen LogP contribution in [0.5, 0.6) is 17.2 Å². The minimum atomic E-state index is -0.356. The summed E-state index contributed by atoms with van der Waals surface area (Å²) >= 11 is 0. The van der Waals surface area contributed by atoms with Crippen LogP contribution in [0.2, 0.25) is 0 Å². The molecule has 7 heteroatoms. The molecule has 1 aromatic carbocycles. The Morgan fingerprint density at radius 3 is 2.17 bits per heavy atom. The number of nitrogens with one attached hydrogen (secondary N) is 1. The third-order valence-electron chi connectivity index (χ3n) is 3.97. The van der Waals surface area contributed by atoms with E-state index < -0.39 is 0 Å². The summed E-state index contributed by atoms with van der Waals surface area (Å²) in [5, 5.41) is 2.70. The van der Waals surface area contributed by atoms with Crippen molar-refractivity contribution in [1.82, 2.24) is 5.32 Å². The number of carbonyl (C=O) groups excluding carboxylic acids is 2. The lowest BCUT2D eigenvalue weighted by atomic mass is 10.1. The highest BCUT2D eigenvalue weighted by Gasteiger charge is 2.40. The van der Waals surface area contributed by atoms with Crippen LogP contribution in [-0.2, 0) is 20.9 Å². The van der Waals surface area contributed by atoms with Gasteiger partial charge >= 0.3 is 5.97 Å². The molecular formula is C17H23NO6. The first-order chi connectivity index (χ1) is 11.5. The predicted molar refractivity (Wildman–Crippen MR) is 86.2 cm³/mol. The molecule has 0 spiro atoms. The molecule has 1 saturated carbocycles. The Bertz CT molecular complexity index is 590. The summed E-state index contributed by atoms with van der Waals surface area (Å²) in [6.45, 7) is 1.97. The van der Waals surface area contributed by atoms with Crippen LogP contribution in [0, 0.1) is 11.8 Å². The molecule has 1 aliphatic rings. The van der Waals surface area contributed by atoms with Gasteiger partial charge in [-0.3, -0.25) is 9.59 Å². The third-order valence-corrected chi connectivity index (χ3v) is 3.97. The Balaban J connectivity index is 1.88. The van der Waals surface area contributed by atoms with Crippen LogP contribution >= 0.6 is 0 Å². The normalized spacial score (nSPS) is 18.5. The number of esters is 1. The Hall–Kier alpha value is -2.44. The number of ether oxygens (including phenoxy) is 4. The van der Waals surface area contributed by atoms with Crippen LogP contribution in [0.1, 0.15) is 18.9 Å². The van der Waals surface area contributed by atoms with Crippen molar-refractivity contribution < 1.29 is 28.5 Å². The molecule has 0 aromatic heterocycles. The molecule has 0 bridgehead atoms. The van der Waals surface area contributed by atoms with E-state index in [4.69, 9.17) is 18.9 Å². The van der Waals surface area contributed by atoms with Crippen molar-refractivity contribution in [3.63, 3.8) is 0 Å². The molecule has 24 heavy (non-hydrogen) atoms. The lowest BCUT2D eigenvalue weighted by Gasteiger charge is -2.14. The predicted octanol–water partition coefficient (Wildman–Crippen LogP) is 1.53. The molecule has 1 amide bonds. The zero-order valence-electron chi connectivity index (χ0n) is 14.4. The number of amides is 1. The van der Waals surface area contributed by atoms with Crippen molar-refractivity contribution in [3.8, 4) is 17.2 Å². The summed E-state index contributed by atoms with van der Waals surface area (Å²) in [4.78, 5) is 23.4. The van der Waals surface area contributed by atoms with Gasteiger partial charge in [0.1, 0.15) is 0 Å². The topological polar surface area (TPSA) is 83.1 Å². The highest BCUT2D eigenvalue weighted by atomic mass is 16.5. The average Bonchev–Trinajstić information content (AvgIpc) is 3.33. The standard InChI is InChI=1S/C17H23NO6/c1-10-5-12(10)17(20)24-9-15(19)18-8-11-6-13(21-2)16(23-4)14(7-11)22-3/h6-7,10,12H,5,8-9H2,1-4H3,(H,18,19)/t10-,12-/m1/s1. The van der Waals surface area contributed by atoms with Gasteiger partial charge in [0.2, 0.25) is 5.75 Å². The van der Waals surface area contributed by atoms with Crippen molar-refractivity contribution in [1.29, 1.82) is 0 Å². The first-order valence-corrected chi connectivity index (χ1v) is 7.72. The van der Waals surface area contributed by atoms with Crippen LogP contribution in [0.4, 0.5) is 0 Å². The van der Waals surface area contributed by atoms with Crippen LogP contribution < -0.4 is 19.5 Å². The van der Waals surface area contributed by atoms with E-state index in [2.05, 4.69) is 5.32 Å². The van der Waals surface area contributed by atoms with Gasteiger partial charge in [-0.15, -0.1) is 0 Å². The van der Waals surface area contributed by atoms with E-state index in [1.807, 2.05) is 6.92 Å². The molecule has 1 aliphatic carbocycles. The van der Waals surface area contributed by atoms with Crippen molar-refractivity contribution in [2.24, 2.45) is 11.8 Å². The summed E-state index contributed by atoms with van der Waals surface area (Å²) in [7, 11) is 4.58. The number of hydrogen-bond donors (Lipinski definition) is 1. The molecular weight excluding hydrogens is 314 g/mol. The van der Waals surface area contributed by atoms with Crippen molar-refractivity contribution >= 4 is 11.9 Å². The van der Waals surface area contributed by atoms with E-state index in [1.54, 1.807) is 12.1 Å². The highest BCUT2D eigenvalue weighted by Crippen LogP contribution is 2.39. The molecule has 132 valence electrons. The van der Waals surface area contributed by atoms with Gasteiger partial charge in [0, 0.05) is 6.54 Å². The minimum Gasteiger partial charge on any atom is -0.493 e. The van der Waals surface area contributed by atoms with Crippen LogP contribution in [0.15, 0.2) is 12.1 Å². The Kier molecular flexibility index (Phi) is 5.89. The van der Waals surface area contributed by atoms with Crippen LogP contribution in [0.25, 0.3) is 0 Å². The van der Waals surface area contributed by atoms with Gasteiger partial charge in [-0.25, -0.2) is 0 Å². The second-order valence-corrected chi connectivity index (χ2v) is 5.74. The molecule has 0 heterocycles. The number of hydrogen-bond acceptors (Lipinski definition) is 6. The van der Waals surface area contributed by atoms with Gasteiger partial charge in [-0.2, -0.15) is 0 Å². The first-order valence-electron chi connectivity index (χ1n) is 7.72. The van der Waals surface area contributed by atoms with Crippen LogP contribution in [0.3, 0.4) is 0 Å². The Morgan fingerprint density at radius 2 is 1.71 bits per heavy atom. The minimum absolute atomic E-state index is 0.0482. The molecule has 2 rings (SSSR count). The van der Waals surface area contributed by atoms with Crippen molar-refractivity contribution in [2.75, 3.05) is 27.9 Å². The SMILES string of the molecule is COc1cc(CNC(=O)COC(=O)[C@@H]2C[C@H]2C)cc(OC)c1OC. The highest BCUT2D eigenvalue weighted by molar-refractivity contribution is 5.82. The van der Waals surface area contributed by atoms with E-state index in [-0.39, 0.29) is 30.9 Å². The zero-order chi connectivity index (χ0) is 17.7. The summed E-state index contributed by atoms with van der Waals surface area (Å²) in [5.74, 6) is 1.16. The fraction of sp³-hybridized carbons (Fsp3) is 0.529. The number of benzene rings is 1. The number of carbonyl (C=O) groups is 2. The van der Waals surface area contributed by atoms with E-state index in [0.29, 0.717) is 23.2 Å². The van der Waals surface area contributed by atoms with E-state index in [9.17, 15) is 9.59 Å². The summed E-state index contributed by atoms with van der Waals surface area (Å²) in [6.07, 6.45) is 0.839. The lowest BCUT2D eigenvalue weighted by Crippen LogP contribution is -2.28. The molecule has 2 atom stereocenters. The Labute approximate surface area is 141 Å². The first kappa shape index (κ1) is 17.9. The van der Waals surface area contributed by atoms with E-state index in [0.717, 1.165) is 12.0 Å². The molecule has 0 unspecified atom stereocenters. The smallest absolute Gasteiger partial charge is 0.309 e. The van der Waals surface area contributed by atoms with Gasteiger partial charge in [0.15, 0.2) is 18.1 Å². The average molecular weight is 337 g/mol.